The minimum atomic E-state index is -4.11. The Morgan fingerprint density at radius 1 is 1.24 bits per heavy atom. The molecular formula is C14H20F2N2O2S. The Labute approximate surface area is 124 Å². The predicted molar refractivity (Wildman–Crippen MR) is 77.1 cm³/mol. The van der Waals surface area contributed by atoms with Gasteiger partial charge >= 0.3 is 0 Å². The second-order valence-corrected chi connectivity index (χ2v) is 7.63. The van der Waals surface area contributed by atoms with Crippen LogP contribution < -0.4 is 5.73 Å². The molecule has 2 N–H and O–H groups in total. The van der Waals surface area contributed by atoms with Crippen LogP contribution >= 0.6 is 0 Å². The molecule has 0 aromatic heterocycles. The predicted octanol–water partition coefficient (Wildman–Crippen LogP) is 2.75. The van der Waals surface area contributed by atoms with Crippen molar-refractivity contribution in [3.63, 3.8) is 0 Å². The van der Waals surface area contributed by atoms with Gasteiger partial charge in [-0.15, -0.1) is 0 Å². The maximum Gasteiger partial charge on any atom is 0.246 e. The molecule has 0 aliphatic heterocycles. The number of hydrogen-bond donors (Lipinski definition) is 1. The lowest BCUT2D eigenvalue weighted by molar-refractivity contribution is 0.213. The fourth-order valence-corrected chi connectivity index (χ4v) is 4.53. The first kappa shape index (κ1) is 16.2. The van der Waals surface area contributed by atoms with E-state index in [1.165, 1.54) is 7.05 Å². The van der Waals surface area contributed by atoms with Gasteiger partial charge in [0.1, 0.15) is 4.90 Å². The van der Waals surface area contributed by atoms with Gasteiger partial charge in [-0.2, -0.15) is 4.31 Å². The van der Waals surface area contributed by atoms with Crippen molar-refractivity contribution in [3.05, 3.63) is 23.8 Å². The lowest BCUT2D eigenvalue weighted by Crippen LogP contribution is -2.42. The summed E-state index contributed by atoms with van der Waals surface area (Å²) < 4.78 is 53.6. The van der Waals surface area contributed by atoms with Crippen LogP contribution in [0, 0.1) is 17.6 Å². The summed E-state index contributed by atoms with van der Waals surface area (Å²) in [6.45, 7) is 1.98. The third-order valence-electron chi connectivity index (χ3n) is 4.21. The smallest absolute Gasteiger partial charge is 0.246 e. The SMILES string of the molecule is CC1CCCCC1N(C)S(=O)(=O)c1cc(N)cc(F)c1F. The van der Waals surface area contributed by atoms with Gasteiger partial charge in [0.05, 0.1) is 0 Å². The normalized spacial score (nSPS) is 23.5. The molecule has 1 fully saturated rings. The van der Waals surface area contributed by atoms with E-state index in [2.05, 4.69) is 0 Å². The van der Waals surface area contributed by atoms with E-state index < -0.39 is 26.6 Å². The highest BCUT2D eigenvalue weighted by atomic mass is 32.2. The van der Waals surface area contributed by atoms with Crippen molar-refractivity contribution in [3.8, 4) is 0 Å². The third-order valence-corrected chi connectivity index (χ3v) is 6.09. The quantitative estimate of drug-likeness (QED) is 0.872. The van der Waals surface area contributed by atoms with Crippen molar-refractivity contribution in [1.82, 2.24) is 4.31 Å². The second-order valence-electron chi connectivity index (χ2n) is 5.67. The van der Waals surface area contributed by atoms with Crippen LogP contribution in [0.15, 0.2) is 17.0 Å². The number of nitrogen functional groups attached to an aromatic ring is 1. The molecule has 0 amide bonds. The molecule has 1 aliphatic rings. The van der Waals surface area contributed by atoms with Crippen LogP contribution in [0.4, 0.5) is 14.5 Å². The molecule has 0 heterocycles. The van der Waals surface area contributed by atoms with E-state index in [0.717, 1.165) is 42.1 Å². The molecule has 2 unspecified atom stereocenters. The van der Waals surface area contributed by atoms with Crippen molar-refractivity contribution < 1.29 is 17.2 Å². The Morgan fingerprint density at radius 3 is 2.48 bits per heavy atom. The molecule has 7 heteroatoms. The molecule has 0 radical (unpaired) electrons. The van der Waals surface area contributed by atoms with E-state index in [4.69, 9.17) is 5.73 Å². The summed E-state index contributed by atoms with van der Waals surface area (Å²) in [6, 6.07) is 1.54. The maximum atomic E-state index is 13.9. The van der Waals surface area contributed by atoms with Gasteiger partial charge in [-0.25, -0.2) is 17.2 Å². The lowest BCUT2D eigenvalue weighted by Gasteiger charge is -2.35. The third kappa shape index (κ3) is 3.03. The minimum absolute atomic E-state index is 0.113. The highest BCUT2D eigenvalue weighted by Gasteiger charge is 2.35. The summed E-state index contributed by atoms with van der Waals surface area (Å²) in [6.07, 6.45) is 3.65. The fraction of sp³-hybridized carbons (Fsp3) is 0.571. The summed E-state index contributed by atoms with van der Waals surface area (Å²) in [7, 11) is -2.69. The van der Waals surface area contributed by atoms with Gasteiger partial charge in [0.2, 0.25) is 10.0 Å². The molecule has 4 nitrogen and oxygen atoms in total. The highest BCUT2D eigenvalue weighted by Crippen LogP contribution is 2.32. The monoisotopic (exact) mass is 318 g/mol. The molecule has 2 rings (SSSR count). The van der Waals surface area contributed by atoms with Gasteiger partial charge in [-0.05, 0) is 30.9 Å². The van der Waals surface area contributed by atoms with Crippen molar-refractivity contribution in [2.24, 2.45) is 5.92 Å². The van der Waals surface area contributed by atoms with Gasteiger partial charge in [0.25, 0.3) is 0 Å². The number of sulfonamides is 1. The zero-order valence-corrected chi connectivity index (χ0v) is 13.0. The van der Waals surface area contributed by atoms with E-state index in [-0.39, 0.29) is 17.6 Å². The second kappa shape index (κ2) is 5.88. The minimum Gasteiger partial charge on any atom is -0.399 e. The van der Waals surface area contributed by atoms with Gasteiger partial charge < -0.3 is 5.73 Å². The standard InChI is InChI=1S/C14H20F2N2O2S/c1-9-5-3-4-6-12(9)18(2)21(19,20)13-8-10(17)7-11(15)14(13)16/h7-9,12H,3-6,17H2,1-2H3. The number of benzene rings is 1. The van der Waals surface area contributed by atoms with Gasteiger partial charge in [-0.1, -0.05) is 19.8 Å². The van der Waals surface area contributed by atoms with Crippen LogP contribution in [0.2, 0.25) is 0 Å². The molecule has 1 saturated carbocycles. The highest BCUT2D eigenvalue weighted by molar-refractivity contribution is 7.89. The molecule has 0 saturated heterocycles. The number of anilines is 1. The van der Waals surface area contributed by atoms with Crippen LogP contribution in [0.1, 0.15) is 32.6 Å². The Kier molecular flexibility index (Phi) is 4.53. The fourth-order valence-electron chi connectivity index (χ4n) is 2.94. The summed E-state index contributed by atoms with van der Waals surface area (Å²) in [5, 5.41) is 0. The van der Waals surface area contributed by atoms with Crippen LogP contribution in [0.3, 0.4) is 0 Å². The molecule has 1 aromatic rings. The topological polar surface area (TPSA) is 63.4 Å². The lowest BCUT2D eigenvalue weighted by atomic mass is 9.86. The molecule has 1 aliphatic carbocycles. The number of rotatable bonds is 3. The summed E-state index contributed by atoms with van der Waals surface area (Å²) >= 11 is 0. The van der Waals surface area contributed by atoms with Crippen LogP contribution in [-0.2, 0) is 10.0 Å². The first-order valence-electron chi connectivity index (χ1n) is 6.97. The average molecular weight is 318 g/mol. The van der Waals surface area contributed by atoms with Gasteiger partial charge in [0.15, 0.2) is 11.6 Å². The zero-order chi connectivity index (χ0) is 15.8. The summed E-state index contributed by atoms with van der Waals surface area (Å²) in [4.78, 5) is -0.694. The number of halogens is 2. The molecule has 1 aromatic carbocycles. The summed E-state index contributed by atoms with van der Waals surface area (Å²) in [5.74, 6) is -2.44. The Hall–Kier alpha value is -1.21. The van der Waals surface area contributed by atoms with E-state index in [1.54, 1.807) is 0 Å². The van der Waals surface area contributed by atoms with E-state index in [0.29, 0.717) is 0 Å². The largest absolute Gasteiger partial charge is 0.399 e. The molecule has 21 heavy (non-hydrogen) atoms. The van der Waals surface area contributed by atoms with Crippen LogP contribution in [0.25, 0.3) is 0 Å². The molecule has 2 atom stereocenters. The van der Waals surface area contributed by atoms with Crippen molar-refractivity contribution in [1.29, 1.82) is 0 Å². The number of nitrogens with two attached hydrogens (primary N) is 1. The van der Waals surface area contributed by atoms with Gasteiger partial charge in [-0.3, -0.25) is 0 Å². The first-order valence-corrected chi connectivity index (χ1v) is 8.41. The molecular weight excluding hydrogens is 298 g/mol. The Balaban J connectivity index is 2.42. The van der Waals surface area contributed by atoms with E-state index in [1.807, 2.05) is 6.92 Å². The van der Waals surface area contributed by atoms with Crippen molar-refractivity contribution in [2.75, 3.05) is 12.8 Å². The van der Waals surface area contributed by atoms with E-state index in [9.17, 15) is 17.2 Å². The molecule has 0 spiro atoms. The summed E-state index contributed by atoms with van der Waals surface area (Å²) in [5.41, 5.74) is 5.33. The zero-order valence-electron chi connectivity index (χ0n) is 12.1. The van der Waals surface area contributed by atoms with E-state index >= 15 is 0 Å². The number of nitrogens with zero attached hydrogens (tertiary/aromatic N) is 1. The molecule has 0 bridgehead atoms. The van der Waals surface area contributed by atoms with Crippen LogP contribution in [0.5, 0.6) is 0 Å². The van der Waals surface area contributed by atoms with Crippen LogP contribution in [-0.4, -0.2) is 25.8 Å². The van der Waals surface area contributed by atoms with Gasteiger partial charge in [0, 0.05) is 18.8 Å². The number of hydrogen-bond acceptors (Lipinski definition) is 3. The average Bonchev–Trinajstić information content (AvgIpc) is 2.42. The van der Waals surface area contributed by atoms with Crippen molar-refractivity contribution in [2.45, 2.75) is 43.5 Å². The molecule has 118 valence electrons. The Bertz CT molecular complexity index is 634. The Morgan fingerprint density at radius 2 is 1.86 bits per heavy atom. The maximum absolute atomic E-state index is 13.9. The first-order chi connectivity index (χ1) is 9.75. The van der Waals surface area contributed by atoms with Crippen molar-refractivity contribution >= 4 is 15.7 Å².